The molecule has 0 spiro atoms. The molecule has 1 N–H and O–H groups in total. The van der Waals surface area contributed by atoms with Crippen molar-refractivity contribution in [1.29, 1.82) is 0 Å². The number of carbonyl (C=O) groups is 1. The summed E-state index contributed by atoms with van der Waals surface area (Å²) in [7, 11) is 0. The highest BCUT2D eigenvalue weighted by Gasteiger charge is 2.30. The summed E-state index contributed by atoms with van der Waals surface area (Å²) in [5.74, 6) is -0.711. The van der Waals surface area contributed by atoms with E-state index < -0.39 is 5.97 Å². The Bertz CT molecular complexity index is 654. The number of rotatable bonds is 3. The Labute approximate surface area is 118 Å². The lowest BCUT2D eigenvalue weighted by atomic mass is 10.0. The molecule has 0 bridgehead atoms. The van der Waals surface area contributed by atoms with Gasteiger partial charge in [-0.2, -0.15) is 0 Å². The van der Waals surface area contributed by atoms with Gasteiger partial charge in [-0.1, -0.05) is 18.2 Å². The molecule has 1 fully saturated rings. The predicted molar refractivity (Wildman–Crippen MR) is 77.5 cm³/mol. The largest absolute Gasteiger partial charge is 0.480 e. The summed E-state index contributed by atoms with van der Waals surface area (Å²) in [6, 6.07) is 7.82. The second-order valence-electron chi connectivity index (χ2n) is 5.41. The number of nitrogens with zero attached hydrogens (tertiary/aromatic N) is 2. The lowest BCUT2D eigenvalue weighted by molar-refractivity contribution is -0.142. The standard InChI is InChI=1S/C16H18N2O2/c1-11-6-7-12(13-4-2-8-17-15(11)13)10-18-9-3-5-14(18)16(19)20/h2,4,6-8,14H,3,5,9-10H2,1H3,(H,19,20)/t14-/m0/s1. The molecular weight excluding hydrogens is 252 g/mol. The van der Waals surface area contributed by atoms with E-state index in [0.717, 1.165) is 41.4 Å². The van der Waals surface area contributed by atoms with E-state index in [-0.39, 0.29) is 6.04 Å². The van der Waals surface area contributed by atoms with Gasteiger partial charge in [-0.05, 0) is 43.5 Å². The van der Waals surface area contributed by atoms with E-state index in [9.17, 15) is 9.90 Å². The highest BCUT2D eigenvalue weighted by atomic mass is 16.4. The van der Waals surface area contributed by atoms with Crippen LogP contribution in [-0.4, -0.2) is 33.5 Å². The van der Waals surface area contributed by atoms with Crippen LogP contribution < -0.4 is 0 Å². The molecule has 20 heavy (non-hydrogen) atoms. The first kappa shape index (κ1) is 13.1. The third kappa shape index (κ3) is 2.27. The van der Waals surface area contributed by atoms with Crippen LogP contribution in [0, 0.1) is 6.92 Å². The van der Waals surface area contributed by atoms with Crippen LogP contribution in [0.2, 0.25) is 0 Å². The summed E-state index contributed by atoms with van der Waals surface area (Å²) in [6.45, 7) is 3.58. The van der Waals surface area contributed by atoms with Crippen LogP contribution in [0.4, 0.5) is 0 Å². The number of aliphatic carboxylic acids is 1. The maximum absolute atomic E-state index is 11.3. The molecule has 2 heterocycles. The van der Waals surface area contributed by atoms with E-state index >= 15 is 0 Å². The second kappa shape index (κ2) is 5.21. The first-order chi connectivity index (χ1) is 9.66. The molecule has 0 unspecified atom stereocenters. The SMILES string of the molecule is Cc1ccc(CN2CCC[C@H]2C(=O)O)c2cccnc12. The fourth-order valence-electron chi connectivity index (χ4n) is 3.02. The van der Waals surface area contributed by atoms with Crippen LogP contribution in [0.5, 0.6) is 0 Å². The summed E-state index contributed by atoms with van der Waals surface area (Å²) in [6.07, 6.45) is 3.51. The average Bonchev–Trinajstić information content (AvgIpc) is 2.91. The smallest absolute Gasteiger partial charge is 0.320 e. The van der Waals surface area contributed by atoms with Gasteiger partial charge in [-0.15, -0.1) is 0 Å². The number of aromatic nitrogens is 1. The third-order valence-electron chi connectivity index (χ3n) is 4.08. The molecule has 2 aromatic rings. The van der Waals surface area contributed by atoms with Gasteiger partial charge in [0, 0.05) is 18.1 Å². The Morgan fingerprint density at radius 1 is 1.45 bits per heavy atom. The van der Waals surface area contributed by atoms with Gasteiger partial charge >= 0.3 is 5.97 Å². The van der Waals surface area contributed by atoms with Gasteiger partial charge in [0.05, 0.1) is 5.52 Å². The lowest BCUT2D eigenvalue weighted by Gasteiger charge is -2.22. The molecule has 1 aliphatic rings. The number of hydrogen-bond donors (Lipinski definition) is 1. The molecule has 0 radical (unpaired) electrons. The van der Waals surface area contributed by atoms with Gasteiger partial charge in [-0.3, -0.25) is 14.7 Å². The Hall–Kier alpha value is -1.94. The van der Waals surface area contributed by atoms with Crippen molar-refractivity contribution in [3.05, 3.63) is 41.6 Å². The molecule has 0 saturated carbocycles. The Morgan fingerprint density at radius 2 is 2.30 bits per heavy atom. The van der Waals surface area contributed by atoms with Gasteiger partial charge in [0.1, 0.15) is 6.04 Å². The quantitative estimate of drug-likeness (QED) is 0.931. The van der Waals surface area contributed by atoms with Crippen LogP contribution in [0.3, 0.4) is 0 Å². The van der Waals surface area contributed by atoms with Crippen LogP contribution >= 0.6 is 0 Å². The topological polar surface area (TPSA) is 53.4 Å². The molecule has 1 saturated heterocycles. The molecule has 3 rings (SSSR count). The maximum Gasteiger partial charge on any atom is 0.320 e. The van der Waals surface area contributed by atoms with Crippen molar-refractivity contribution >= 4 is 16.9 Å². The van der Waals surface area contributed by atoms with E-state index in [1.165, 1.54) is 0 Å². The van der Waals surface area contributed by atoms with E-state index in [4.69, 9.17) is 0 Å². The molecule has 0 aliphatic carbocycles. The fourth-order valence-corrected chi connectivity index (χ4v) is 3.02. The van der Waals surface area contributed by atoms with Crippen molar-refractivity contribution in [3.63, 3.8) is 0 Å². The summed E-state index contributed by atoms with van der Waals surface area (Å²) in [5.41, 5.74) is 3.32. The molecule has 4 heteroatoms. The van der Waals surface area contributed by atoms with Gasteiger partial charge in [-0.25, -0.2) is 0 Å². The van der Waals surface area contributed by atoms with Crippen LogP contribution in [0.25, 0.3) is 10.9 Å². The van der Waals surface area contributed by atoms with Crippen molar-refractivity contribution in [2.75, 3.05) is 6.54 Å². The molecule has 1 aromatic carbocycles. The van der Waals surface area contributed by atoms with Gasteiger partial charge in [0.25, 0.3) is 0 Å². The van der Waals surface area contributed by atoms with Crippen molar-refractivity contribution < 1.29 is 9.90 Å². The number of carboxylic acid groups (broad SMARTS) is 1. The fraction of sp³-hybridized carbons (Fsp3) is 0.375. The minimum Gasteiger partial charge on any atom is -0.480 e. The zero-order valence-electron chi connectivity index (χ0n) is 11.5. The van der Waals surface area contributed by atoms with Crippen molar-refractivity contribution in [2.45, 2.75) is 32.4 Å². The van der Waals surface area contributed by atoms with E-state index in [1.54, 1.807) is 6.20 Å². The van der Waals surface area contributed by atoms with Gasteiger partial charge < -0.3 is 5.11 Å². The maximum atomic E-state index is 11.3. The summed E-state index contributed by atoms with van der Waals surface area (Å²) in [5, 5.41) is 10.4. The predicted octanol–water partition coefficient (Wildman–Crippen LogP) is 2.59. The Morgan fingerprint density at radius 3 is 3.10 bits per heavy atom. The van der Waals surface area contributed by atoms with E-state index in [0.29, 0.717) is 6.54 Å². The van der Waals surface area contributed by atoms with Gasteiger partial charge in [0.15, 0.2) is 0 Å². The average molecular weight is 270 g/mol. The number of likely N-dealkylation sites (tertiary alicyclic amines) is 1. The van der Waals surface area contributed by atoms with Crippen molar-refractivity contribution in [3.8, 4) is 0 Å². The van der Waals surface area contributed by atoms with E-state index in [1.807, 2.05) is 6.07 Å². The highest BCUT2D eigenvalue weighted by molar-refractivity contribution is 5.85. The number of fused-ring (bicyclic) bond motifs is 1. The van der Waals surface area contributed by atoms with Crippen LogP contribution in [0.15, 0.2) is 30.5 Å². The zero-order valence-corrected chi connectivity index (χ0v) is 11.5. The lowest BCUT2D eigenvalue weighted by Crippen LogP contribution is -2.35. The number of carboxylic acids is 1. The van der Waals surface area contributed by atoms with Crippen molar-refractivity contribution in [1.82, 2.24) is 9.88 Å². The normalized spacial score (nSPS) is 19.6. The zero-order chi connectivity index (χ0) is 14.1. The first-order valence-electron chi connectivity index (χ1n) is 6.97. The summed E-state index contributed by atoms with van der Waals surface area (Å²) in [4.78, 5) is 17.8. The molecular formula is C16H18N2O2. The molecule has 1 atom stereocenters. The monoisotopic (exact) mass is 270 g/mol. The number of pyridine rings is 1. The van der Waals surface area contributed by atoms with Gasteiger partial charge in [0.2, 0.25) is 0 Å². The first-order valence-corrected chi connectivity index (χ1v) is 6.97. The number of aryl methyl sites for hydroxylation is 1. The molecule has 1 aliphatic heterocycles. The number of hydrogen-bond acceptors (Lipinski definition) is 3. The van der Waals surface area contributed by atoms with Crippen molar-refractivity contribution in [2.24, 2.45) is 0 Å². The van der Waals surface area contributed by atoms with Crippen LogP contribution in [-0.2, 0) is 11.3 Å². The number of benzene rings is 1. The minimum absolute atomic E-state index is 0.344. The molecule has 1 aromatic heterocycles. The van der Waals surface area contributed by atoms with Crippen LogP contribution in [0.1, 0.15) is 24.0 Å². The Kier molecular flexibility index (Phi) is 3.40. The minimum atomic E-state index is -0.711. The molecule has 4 nitrogen and oxygen atoms in total. The highest BCUT2D eigenvalue weighted by Crippen LogP contribution is 2.25. The summed E-state index contributed by atoms with van der Waals surface area (Å²) < 4.78 is 0. The Balaban J connectivity index is 1.95. The van der Waals surface area contributed by atoms with E-state index in [2.05, 4.69) is 35.0 Å². The second-order valence-corrected chi connectivity index (χ2v) is 5.41. The molecule has 104 valence electrons. The molecule has 0 amide bonds. The summed E-state index contributed by atoms with van der Waals surface area (Å²) >= 11 is 0. The third-order valence-corrected chi connectivity index (χ3v) is 4.08.